The first kappa shape index (κ1) is 11.2. The zero-order valence-corrected chi connectivity index (χ0v) is 9.82. The molecular weight excluding hydrogens is 244 g/mol. The fourth-order valence-corrected chi connectivity index (χ4v) is 1.91. The summed E-state index contributed by atoms with van der Waals surface area (Å²) in [6.07, 6.45) is 0. The molecule has 19 heavy (non-hydrogen) atoms. The zero-order valence-electron chi connectivity index (χ0n) is 9.82. The highest BCUT2D eigenvalue weighted by Gasteiger charge is 2.06. The van der Waals surface area contributed by atoms with Crippen LogP contribution < -0.4 is 5.73 Å². The normalized spacial score (nSPS) is 10.7. The molecule has 1 aromatic heterocycles. The molecule has 0 saturated carbocycles. The average Bonchev–Trinajstić information content (AvgIpc) is 2.80. The highest BCUT2D eigenvalue weighted by atomic mass is 16.5. The molecule has 0 aliphatic heterocycles. The van der Waals surface area contributed by atoms with Crippen LogP contribution in [0.5, 0.6) is 0 Å². The van der Waals surface area contributed by atoms with E-state index in [-0.39, 0.29) is 0 Å². The summed E-state index contributed by atoms with van der Waals surface area (Å²) >= 11 is 0. The quantitative estimate of drug-likeness (QED) is 0.676. The molecule has 3 rings (SSSR count). The van der Waals surface area contributed by atoms with Crippen molar-refractivity contribution in [1.29, 1.82) is 0 Å². The molecule has 6 nitrogen and oxygen atoms in total. The molecule has 94 valence electrons. The molecule has 0 bridgehead atoms. The molecule has 0 radical (unpaired) electrons. The number of amides is 1. The number of aromatic nitrogens is 3. The van der Waals surface area contributed by atoms with Gasteiger partial charge in [-0.3, -0.25) is 4.79 Å². The summed E-state index contributed by atoms with van der Waals surface area (Å²) < 4.78 is 0. The molecule has 0 saturated heterocycles. The Hall–Kier alpha value is -2.89. The Morgan fingerprint density at radius 1 is 1.11 bits per heavy atom. The van der Waals surface area contributed by atoms with Gasteiger partial charge in [0.15, 0.2) is 0 Å². The summed E-state index contributed by atoms with van der Waals surface area (Å²) in [6.45, 7) is 0. The molecule has 0 spiro atoms. The largest absolute Gasteiger partial charge is 0.410 e. The third-order valence-corrected chi connectivity index (χ3v) is 2.93. The minimum Gasteiger partial charge on any atom is -0.410 e. The zero-order chi connectivity index (χ0) is 13.4. The lowest BCUT2D eigenvalue weighted by molar-refractivity contribution is 0.100. The highest BCUT2D eigenvalue weighted by molar-refractivity contribution is 5.93. The summed E-state index contributed by atoms with van der Waals surface area (Å²) in [4.78, 5) is 11.7. The van der Waals surface area contributed by atoms with Gasteiger partial charge in [0, 0.05) is 5.56 Å². The van der Waals surface area contributed by atoms with Crippen molar-refractivity contribution in [2.24, 2.45) is 5.73 Å². The third-order valence-electron chi connectivity index (χ3n) is 2.93. The van der Waals surface area contributed by atoms with Crippen LogP contribution in [-0.2, 0) is 0 Å². The van der Waals surface area contributed by atoms with E-state index in [2.05, 4.69) is 10.3 Å². The van der Waals surface area contributed by atoms with Crippen molar-refractivity contribution in [2.45, 2.75) is 0 Å². The molecule has 1 amide bonds. The predicted octanol–water partition coefficient (Wildman–Crippen LogP) is 1.43. The molecule has 2 aromatic carbocycles. The van der Waals surface area contributed by atoms with Crippen molar-refractivity contribution in [3.63, 3.8) is 0 Å². The van der Waals surface area contributed by atoms with Crippen LogP contribution >= 0.6 is 0 Å². The van der Waals surface area contributed by atoms with Crippen LogP contribution in [0.25, 0.3) is 22.2 Å². The summed E-state index contributed by atoms with van der Waals surface area (Å²) in [5.74, 6) is -0.459. The van der Waals surface area contributed by atoms with Crippen LogP contribution in [-0.4, -0.2) is 26.3 Å². The number of benzene rings is 2. The van der Waals surface area contributed by atoms with Crippen molar-refractivity contribution < 1.29 is 10.0 Å². The first-order chi connectivity index (χ1) is 9.15. The maximum Gasteiger partial charge on any atom is 0.248 e. The molecule has 6 heteroatoms. The number of nitrogens with two attached hydrogens (primary N) is 1. The van der Waals surface area contributed by atoms with E-state index in [1.54, 1.807) is 36.4 Å². The van der Waals surface area contributed by atoms with Crippen molar-refractivity contribution in [3.8, 4) is 11.1 Å². The first-order valence-corrected chi connectivity index (χ1v) is 5.60. The van der Waals surface area contributed by atoms with Crippen molar-refractivity contribution in [1.82, 2.24) is 15.2 Å². The molecule has 0 atom stereocenters. The molecular formula is C13H10N4O2. The minimum atomic E-state index is -0.459. The number of hydrogen-bond donors (Lipinski definition) is 2. The fourth-order valence-electron chi connectivity index (χ4n) is 1.91. The van der Waals surface area contributed by atoms with Gasteiger partial charge in [0.05, 0.1) is 0 Å². The number of fused-ring (bicyclic) bond motifs is 1. The molecule has 3 N–H and O–H groups in total. The van der Waals surface area contributed by atoms with Gasteiger partial charge in [0.2, 0.25) is 5.91 Å². The monoisotopic (exact) mass is 254 g/mol. The Kier molecular flexibility index (Phi) is 2.42. The van der Waals surface area contributed by atoms with Gasteiger partial charge in [-0.1, -0.05) is 23.0 Å². The van der Waals surface area contributed by atoms with E-state index >= 15 is 0 Å². The number of rotatable bonds is 2. The predicted molar refractivity (Wildman–Crippen MR) is 68.7 cm³/mol. The van der Waals surface area contributed by atoms with Gasteiger partial charge >= 0.3 is 0 Å². The van der Waals surface area contributed by atoms with E-state index in [0.717, 1.165) is 16.0 Å². The number of carbonyl (C=O) groups excluding carboxylic acids is 1. The summed E-state index contributed by atoms with van der Waals surface area (Å²) in [5.41, 5.74) is 8.58. The average molecular weight is 254 g/mol. The van der Waals surface area contributed by atoms with E-state index in [4.69, 9.17) is 5.73 Å². The molecule has 1 heterocycles. The van der Waals surface area contributed by atoms with Crippen LogP contribution in [0.2, 0.25) is 0 Å². The van der Waals surface area contributed by atoms with E-state index in [1.165, 1.54) is 0 Å². The Labute approximate surface area is 108 Å². The minimum absolute atomic E-state index is 0.457. The number of primary amides is 1. The SMILES string of the molecule is NC(=O)c1ccc(-c2ccc3nnn(O)c3c2)cc1. The summed E-state index contributed by atoms with van der Waals surface area (Å²) in [5, 5.41) is 16.8. The van der Waals surface area contributed by atoms with E-state index in [9.17, 15) is 10.0 Å². The van der Waals surface area contributed by atoms with Crippen LogP contribution in [0.4, 0.5) is 0 Å². The van der Waals surface area contributed by atoms with Crippen molar-refractivity contribution in [3.05, 3.63) is 48.0 Å². The van der Waals surface area contributed by atoms with E-state index in [1.807, 2.05) is 6.07 Å². The van der Waals surface area contributed by atoms with E-state index < -0.39 is 5.91 Å². The topological polar surface area (TPSA) is 94.0 Å². The van der Waals surface area contributed by atoms with Crippen LogP contribution in [0.15, 0.2) is 42.5 Å². The van der Waals surface area contributed by atoms with Gasteiger partial charge in [0.25, 0.3) is 0 Å². The second kappa shape index (κ2) is 4.09. The maximum absolute atomic E-state index is 11.0. The molecule has 0 aliphatic carbocycles. The lowest BCUT2D eigenvalue weighted by Crippen LogP contribution is -2.10. The number of carbonyl (C=O) groups is 1. The van der Waals surface area contributed by atoms with Crippen LogP contribution in [0.1, 0.15) is 10.4 Å². The van der Waals surface area contributed by atoms with Crippen molar-refractivity contribution in [2.75, 3.05) is 0 Å². The lowest BCUT2D eigenvalue weighted by Gasteiger charge is -2.03. The van der Waals surface area contributed by atoms with Gasteiger partial charge in [-0.25, -0.2) is 0 Å². The molecule has 0 aliphatic rings. The fraction of sp³-hybridized carbons (Fsp3) is 0. The Morgan fingerprint density at radius 2 is 1.79 bits per heavy atom. The second-order valence-corrected chi connectivity index (χ2v) is 4.12. The first-order valence-electron chi connectivity index (χ1n) is 5.60. The highest BCUT2D eigenvalue weighted by Crippen LogP contribution is 2.23. The summed E-state index contributed by atoms with van der Waals surface area (Å²) in [7, 11) is 0. The van der Waals surface area contributed by atoms with Gasteiger partial charge in [0.1, 0.15) is 11.0 Å². The van der Waals surface area contributed by atoms with E-state index in [0.29, 0.717) is 16.6 Å². The molecule has 3 aromatic rings. The van der Waals surface area contributed by atoms with Gasteiger partial charge in [-0.2, -0.15) is 0 Å². The third kappa shape index (κ3) is 1.89. The lowest BCUT2D eigenvalue weighted by atomic mass is 10.0. The van der Waals surface area contributed by atoms with Crippen LogP contribution in [0, 0.1) is 0 Å². The number of hydrogen-bond acceptors (Lipinski definition) is 4. The molecule has 0 fully saturated rings. The summed E-state index contributed by atoms with van der Waals surface area (Å²) in [6, 6.07) is 12.3. The smallest absolute Gasteiger partial charge is 0.248 e. The Bertz CT molecular complexity index is 762. The Morgan fingerprint density at radius 3 is 2.47 bits per heavy atom. The van der Waals surface area contributed by atoms with Crippen molar-refractivity contribution >= 4 is 16.9 Å². The second-order valence-electron chi connectivity index (χ2n) is 4.12. The maximum atomic E-state index is 11.0. The van der Waals surface area contributed by atoms with Gasteiger partial charge in [-0.05, 0) is 40.6 Å². The Balaban J connectivity index is 2.08. The van der Waals surface area contributed by atoms with Gasteiger partial charge < -0.3 is 10.9 Å². The standard InChI is InChI=1S/C13H10N4O2/c14-13(18)9-3-1-8(2-4-9)10-5-6-11-12(7-10)17(19)16-15-11/h1-7,19H,(H2,14,18). The van der Waals surface area contributed by atoms with Crippen LogP contribution in [0.3, 0.4) is 0 Å². The number of nitrogens with zero attached hydrogens (tertiary/aromatic N) is 3. The van der Waals surface area contributed by atoms with Gasteiger partial charge in [-0.15, -0.1) is 5.10 Å². The molecule has 0 unspecified atom stereocenters.